The van der Waals surface area contributed by atoms with Crippen LogP contribution in [0.4, 0.5) is 17.1 Å². The van der Waals surface area contributed by atoms with Gasteiger partial charge in [-0.3, -0.25) is 0 Å². The highest BCUT2D eigenvalue weighted by Gasteiger charge is 1.91. The van der Waals surface area contributed by atoms with Gasteiger partial charge in [0.2, 0.25) is 0 Å². The van der Waals surface area contributed by atoms with Crippen molar-refractivity contribution in [1.29, 1.82) is 0 Å². The molecule has 84 valence electrons. The molecule has 0 fully saturated rings. The zero-order valence-electron chi connectivity index (χ0n) is 9.08. The molecule has 0 aromatic heterocycles. The second-order valence-electron chi connectivity index (χ2n) is 3.34. The fourth-order valence-corrected chi connectivity index (χ4v) is 1.44. The molecule has 0 saturated carbocycles. The fourth-order valence-electron chi connectivity index (χ4n) is 1.30. The molecular weight excluding hydrogens is 230 g/mol. The zero-order chi connectivity index (χ0) is 11.9. The highest BCUT2D eigenvalue weighted by atomic mass is 32.1. The molecule has 17 heavy (non-hydrogen) atoms. The van der Waals surface area contributed by atoms with Gasteiger partial charge in [-0.15, -0.1) is 0 Å². The minimum Gasteiger partial charge on any atom is -0.353 e. The lowest BCUT2D eigenvalue weighted by Gasteiger charge is -1.98. The van der Waals surface area contributed by atoms with Gasteiger partial charge in [-0.05, 0) is 36.4 Å². The predicted octanol–water partition coefficient (Wildman–Crippen LogP) is 4.47. The van der Waals surface area contributed by atoms with Crippen LogP contribution in [-0.4, -0.2) is 5.49 Å². The van der Waals surface area contributed by atoms with E-state index in [1.54, 1.807) is 0 Å². The third kappa shape index (κ3) is 3.46. The van der Waals surface area contributed by atoms with Crippen LogP contribution in [0.25, 0.3) is 0 Å². The van der Waals surface area contributed by atoms with Gasteiger partial charge >= 0.3 is 0 Å². The molecule has 2 aromatic rings. The highest BCUT2D eigenvalue weighted by Crippen LogP contribution is 2.19. The molecule has 0 unspecified atom stereocenters. The van der Waals surface area contributed by atoms with Crippen LogP contribution in [-0.2, 0) is 0 Å². The van der Waals surface area contributed by atoms with Crippen LogP contribution in [0, 0.1) is 0 Å². The molecule has 0 radical (unpaired) electrons. The Bertz CT molecular complexity index is 506. The van der Waals surface area contributed by atoms with E-state index in [-0.39, 0.29) is 0 Å². The SMILES string of the molecule is S=CNc1ccc(/N=N/c2ccccc2)cc1. The van der Waals surface area contributed by atoms with Crippen molar-refractivity contribution in [3.8, 4) is 0 Å². The van der Waals surface area contributed by atoms with Gasteiger partial charge in [0.15, 0.2) is 0 Å². The number of hydrogen-bond donors (Lipinski definition) is 1. The van der Waals surface area contributed by atoms with Gasteiger partial charge < -0.3 is 5.32 Å². The zero-order valence-corrected chi connectivity index (χ0v) is 9.89. The molecule has 0 spiro atoms. The first-order valence-corrected chi connectivity index (χ1v) is 5.63. The summed E-state index contributed by atoms with van der Waals surface area (Å²) < 4.78 is 0. The van der Waals surface area contributed by atoms with Crippen LogP contribution < -0.4 is 5.32 Å². The number of azo groups is 1. The van der Waals surface area contributed by atoms with Crippen molar-refractivity contribution in [2.24, 2.45) is 10.2 Å². The summed E-state index contributed by atoms with van der Waals surface area (Å²) >= 11 is 4.70. The highest BCUT2D eigenvalue weighted by molar-refractivity contribution is 7.79. The summed E-state index contributed by atoms with van der Waals surface area (Å²) in [6, 6.07) is 17.2. The Hall–Kier alpha value is -2.07. The normalized spacial score (nSPS) is 10.4. The smallest absolute Gasteiger partial charge is 0.0858 e. The quantitative estimate of drug-likeness (QED) is 0.633. The first-order chi connectivity index (χ1) is 8.38. The monoisotopic (exact) mass is 241 g/mol. The molecule has 0 bridgehead atoms. The van der Waals surface area contributed by atoms with E-state index in [4.69, 9.17) is 12.2 Å². The van der Waals surface area contributed by atoms with E-state index in [2.05, 4.69) is 15.5 Å². The lowest BCUT2D eigenvalue weighted by Crippen LogP contribution is -1.89. The Morgan fingerprint density at radius 2 is 1.41 bits per heavy atom. The maximum atomic E-state index is 4.70. The number of rotatable bonds is 4. The summed E-state index contributed by atoms with van der Waals surface area (Å²) in [5.41, 5.74) is 4.07. The Labute approximate surface area is 105 Å². The fraction of sp³-hybridized carbons (Fsp3) is 0. The number of anilines is 1. The van der Waals surface area contributed by atoms with E-state index in [9.17, 15) is 0 Å². The Kier molecular flexibility index (Phi) is 3.94. The lowest BCUT2D eigenvalue weighted by molar-refractivity contribution is 1.23. The first kappa shape index (κ1) is 11.4. The van der Waals surface area contributed by atoms with Crippen molar-refractivity contribution in [2.75, 3.05) is 5.32 Å². The molecule has 1 N–H and O–H groups in total. The summed E-state index contributed by atoms with van der Waals surface area (Å²) in [7, 11) is 0. The molecule has 0 aliphatic heterocycles. The molecule has 0 heterocycles. The molecule has 3 nitrogen and oxygen atoms in total. The molecule has 2 aromatic carbocycles. The molecule has 4 heteroatoms. The van der Waals surface area contributed by atoms with Crippen LogP contribution in [0.2, 0.25) is 0 Å². The van der Waals surface area contributed by atoms with Crippen LogP contribution in [0.1, 0.15) is 0 Å². The summed E-state index contributed by atoms with van der Waals surface area (Å²) in [6.07, 6.45) is 0. The first-order valence-electron chi connectivity index (χ1n) is 5.15. The van der Waals surface area contributed by atoms with E-state index in [1.807, 2.05) is 54.6 Å². The van der Waals surface area contributed by atoms with Crippen LogP contribution in [0.15, 0.2) is 64.8 Å². The molecule has 0 atom stereocenters. The summed E-state index contributed by atoms with van der Waals surface area (Å²) in [5.74, 6) is 0. The minimum atomic E-state index is 0.809. The van der Waals surface area contributed by atoms with Crippen molar-refractivity contribution in [2.45, 2.75) is 0 Å². The molecule has 2 rings (SSSR count). The van der Waals surface area contributed by atoms with Crippen molar-refractivity contribution >= 4 is 34.8 Å². The van der Waals surface area contributed by atoms with Crippen molar-refractivity contribution in [3.63, 3.8) is 0 Å². The summed E-state index contributed by atoms with van der Waals surface area (Å²) in [5, 5.41) is 11.2. The van der Waals surface area contributed by atoms with Crippen LogP contribution in [0.3, 0.4) is 0 Å². The summed E-state index contributed by atoms with van der Waals surface area (Å²) in [4.78, 5) is 0. The van der Waals surface area contributed by atoms with E-state index in [0.717, 1.165) is 17.1 Å². The standard InChI is InChI=1S/C13H11N3S/c17-10-14-11-6-8-13(9-7-11)16-15-12-4-2-1-3-5-12/h1-10H,(H,14,17)/b16-15+. The maximum Gasteiger partial charge on any atom is 0.0858 e. The Morgan fingerprint density at radius 3 is 2.00 bits per heavy atom. The molecule has 0 aliphatic carbocycles. The number of nitrogens with one attached hydrogen (secondary N) is 1. The molecule has 0 amide bonds. The van der Waals surface area contributed by atoms with Gasteiger partial charge in [-0.2, -0.15) is 10.2 Å². The van der Waals surface area contributed by atoms with E-state index >= 15 is 0 Å². The third-order valence-corrected chi connectivity index (χ3v) is 2.25. The minimum absolute atomic E-state index is 0.809. The van der Waals surface area contributed by atoms with Crippen molar-refractivity contribution < 1.29 is 0 Å². The van der Waals surface area contributed by atoms with Gasteiger partial charge in [0.05, 0.1) is 16.9 Å². The predicted molar refractivity (Wildman–Crippen MR) is 74.3 cm³/mol. The molecule has 0 saturated heterocycles. The topological polar surface area (TPSA) is 36.8 Å². The van der Waals surface area contributed by atoms with Gasteiger partial charge in [0, 0.05) is 5.69 Å². The Balaban J connectivity index is 2.08. The van der Waals surface area contributed by atoms with E-state index in [0.29, 0.717) is 0 Å². The molecule has 0 aliphatic rings. The van der Waals surface area contributed by atoms with E-state index < -0.39 is 0 Å². The number of benzene rings is 2. The van der Waals surface area contributed by atoms with Crippen molar-refractivity contribution in [1.82, 2.24) is 0 Å². The summed E-state index contributed by atoms with van der Waals surface area (Å²) in [6.45, 7) is 0. The van der Waals surface area contributed by atoms with Crippen molar-refractivity contribution in [3.05, 3.63) is 54.6 Å². The van der Waals surface area contributed by atoms with Gasteiger partial charge in [-0.1, -0.05) is 30.4 Å². The second kappa shape index (κ2) is 5.86. The number of nitrogens with zero attached hydrogens (tertiary/aromatic N) is 2. The third-order valence-electron chi connectivity index (χ3n) is 2.13. The van der Waals surface area contributed by atoms with Crippen LogP contribution in [0.5, 0.6) is 0 Å². The van der Waals surface area contributed by atoms with Gasteiger partial charge in [0.25, 0.3) is 0 Å². The van der Waals surface area contributed by atoms with Gasteiger partial charge in [-0.25, -0.2) is 0 Å². The second-order valence-corrected chi connectivity index (χ2v) is 3.58. The van der Waals surface area contributed by atoms with Crippen LogP contribution >= 0.6 is 12.2 Å². The maximum absolute atomic E-state index is 4.70. The van der Waals surface area contributed by atoms with E-state index in [1.165, 1.54) is 5.49 Å². The lowest BCUT2D eigenvalue weighted by atomic mass is 10.3. The van der Waals surface area contributed by atoms with Gasteiger partial charge in [0.1, 0.15) is 0 Å². The average molecular weight is 241 g/mol. The Morgan fingerprint density at radius 1 is 0.824 bits per heavy atom. The largest absolute Gasteiger partial charge is 0.353 e. The number of thiocarbonyl (C=S) groups is 1. The average Bonchev–Trinajstić information content (AvgIpc) is 2.40. The molecular formula is C13H11N3S. The number of hydrogen-bond acceptors (Lipinski definition) is 3.